The van der Waals surface area contributed by atoms with Crippen LogP contribution in [0.25, 0.3) is 0 Å². The molecule has 2 aromatic rings. The van der Waals surface area contributed by atoms with Crippen LogP contribution in [0.3, 0.4) is 0 Å². The minimum Gasteiger partial charge on any atom is -0.445 e. The Bertz CT molecular complexity index is 992. The van der Waals surface area contributed by atoms with Crippen molar-refractivity contribution in [3.05, 3.63) is 46.9 Å². The molecule has 2 atom stereocenters. The zero-order valence-electron chi connectivity index (χ0n) is 15.8. The van der Waals surface area contributed by atoms with Crippen molar-refractivity contribution in [3.63, 3.8) is 0 Å². The molecule has 0 radical (unpaired) electrons. The second kappa shape index (κ2) is 6.59. The predicted octanol–water partition coefficient (Wildman–Crippen LogP) is 2.98. The summed E-state index contributed by atoms with van der Waals surface area (Å²) < 4.78 is 25.9. The Morgan fingerprint density at radius 1 is 1.36 bits per heavy atom. The van der Waals surface area contributed by atoms with Gasteiger partial charge in [0.1, 0.15) is 17.1 Å². The molecule has 1 aromatic heterocycles. The molecule has 9 heteroatoms. The second-order valence-electron chi connectivity index (χ2n) is 7.44. The lowest BCUT2D eigenvalue weighted by Crippen LogP contribution is -2.48. The Hall–Kier alpha value is -2.39. The third-order valence-electron chi connectivity index (χ3n) is 5.36. The highest BCUT2D eigenvalue weighted by molar-refractivity contribution is 8.13. The molecule has 2 aliphatic heterocycles. The van der Waals surface area contributed by atoms with Crippen molar-refractivity contribution in [1.29, 1.82) is 0 Å². The van der Waals surface area contributed by atoms with Gasteiger partial charge in [0, 0.05) is 29.3 Å². The third kappa shape index (κ3) is 2.89. The Balaban J connectivity index is 1.73. The first-order valence-corrected chi connectivity index (χ1v) is 9.84. The number of benzene rings is 1. The number of anilines is 1. The van der Waals surface area contributed by atoms with Crippen molar-refractivity contribution in [1.82, 2.24) is 4.98 Å². The van der Waals surface area contributed by atoms with E-state index in [-0.39, 0.29) is 12.3 Å². The van der Waals surface area contributed by atoms with Gasteiger partial charge < -0.3 is 20.2 Å². The Morgan fingerprint density at radius 3 is 2.86 bits per heavy atom. The van der Waals surface area contributed by atoms with Gasteiger partial charge in [-0.2, -0.15) is 0 Å². The van der Waals surface area contributed by atoms with Crippen molar-refractivity contribution in [2.45, 2.75) is 26.3 Å². The lowest BCUT2D eigenvalue weighted by atomic mass is 9.70. The molecule has 0 saturated carbocycles. The molecule has 0 aliphatic carbocycles. The number of carbonyl (C=O) groups is 1. The summed E-state index contributed by atoms with van der Waals surface area (Å²) in [5.74, 6) is 0.679. The van der Waals surface area contributed by atoms with Crippen molar-refractivity contribution in [2.75, 3.05) is 24.3 Å². The maximum Gasteiger partial charge on any atom is 0.277 e. The highest BCUT2D eigenvalue weighted by Crippen LogP contribution is 2.53. The van der Waals surface area contributed by atoms with Crippen LogP contribution in [0.2, 0.25) is 0 Å². The van der Waals surface area contributed by atoms with Crippen LogP contribution in [-0.4, -0.2) is 35.0 Å². The fourth-order valence-corrected chi connectivity index (χ4v) is 4.82. The molecule has 3 N–H and O–H groups in total. The number of halogens is 1. The molecule has 1 fully saturated rings. The maximum atomic E-state index is 14.9. The smallest absolute Gasteiger partial charge is 0.277 e. The van der Waals surface area contributed by atoms with Gasteiger partial charge in [-0.1, -0.05) is 18.7 Å². The van der Waals surface area contributed by atoms with Gasteiger partial charge in [0.15, 0.2) is 16.8 Å². The van der Waals surface area contributed by atoms with E-state index in [0.29, 0.717) is 40.4 Å². The van der Waals surface area contributed by atoms with Crippen molar-refractivity contribution in [3.8, 4) is 0 Å². The van der Waals surface area contributed by atoms with Gasteiger partial charge in [-0.05, 0) is 25.1 Å². The number of aryl methyl sites for hydroxylation is 2. The summed E-state index contributed by atoms with van der Waals surface area (Å²) in [5, 5.41) is 3.17. The molecule has 0 spiro atoms. The van der Waals surface area contributed by atoms with Crippen LogP contribution in [0.4, 0.5) is 10.1 Å². The molecule has 0 bridgehead atoms. The number of oxazole rings is 1. The molecule has 1 saturated heterocycles. The quantitative estimate of drug-likeness (QED) is 0.815. The number of hydrogen-bond donors (Lipinski definition) is 2. The summed E-state index contributed by atoms with van der Waals surface area (Å²) in [6, 6.07) is 4.44. The third-order valence-corrected chi connectivity index (χ3v) is 6.53. The molecule has 1 amide bonds. The fraction of sp³-hybridized carbons (Fsp3) is 0.421. The summed E-state index contributed by atoms with van der Waals surface area (Å²) in [4.78, 5) is 21.3. The van der Waals surface area contributed by atoms with Crippen molar-refractivity contribution in [2.24, 2.45) is 16.1 Å². The Kier molecular flexibility index (Phi) is 4.46. The van der Waals surface area contributed by atoms with Crippen LogP contribution in [0.15, 0.2) is 27.6 Å². The molecule has 7 nitrogen and oxygen atoms in total. The van der Waals surface area contributed by atoms with E-state index >= 15 is 0 Å². The second-order valence-corrected chi connectivity index (χ2v) is 8.43. The van der Waals surface area contributed by atoms with Gasteiger partial charge in [0.05, 0.1) is 13.2 Å². The normalized spacial score (nSPS) is 26.6. The zero-order chi connectivity index (χ0) is 20.1. The van der Waals surface area contributed by atoms with Crippen LogP contribution < -0.4 is 11.1 Å². The van der Waals surface area contributed by atoms with E-state index < -0.39 is 22.7 Å². The number of hydrogen-bond acceptors (Lipinski definition) is 7. The molecule has 2 aliphatic rings. The van der Waals surface area contributed by atoms with Crippen LogP contribution in [-0.2, 0) is 10.3 Å². The lowest BCUT2D eigenvalue weighted by molar-refractivity contribution is 0.102. The highest BCUT2D eigenvalue weighted by atomic mass is 32.2. The number of amidine groups is 1. The lowest BCUT2D eigenvalue weighted by Gasteiger charge is -2.42. The number of nitrogens with one attached hydrogen (secondary N) is 1. The number of nitrogens with two attached hydrogens (primary N) is 1. The van der Waals surface area contributed by atoms with E-state index in [1.165, 1.54) is 23.9 Å². The van der Waals surface area contributed by atoms with Gasteiger partial charge in [-0.3, -0.25) is 4.79 Å². The SMILES string of the molecule is Cc1nc(C(=O)Nc2ccc(F)c(C34COCC3(C)CSC(N)=N4)c2)c(C)o1. The molecule has 28 heavy (non-hydrogen) atoms. The van der Waals surface area contributed by atoms with Crippen LogP contribution >= 0.6 is 11.8 Å². The van der Waals surface area contributed by atoms with E-state index in [1.807, 2.05) is 6.92 Å². The van der Waals surface area contributed by atoms with Gasteiger partial charge >= 0.3 is 0 Å². The van der Waals surface area contributed by atoms with Gasteiger partial charge in [0.2, 0.25) is 0 Å². The number of rotatable bonds is 3. The average Bonchev–Trinajstić information content (AvgIpc) is 3.16. The van der Waals surface area contributed by atoms with Gasteiger partial charge in [-0.25, -0.2) is 14.4 Å². The van der Waals surface area contributed by atoms with Gasteiger partial charge in [0.25, 0.3) is 5.91 Å². The topological polar surface area (TPSA) is 103 Å². The van der Waals surface area contributed by atoms with Crippen molar-refractivity contribution >= 4 is 28.5 Å². The highest BCUT2D eigenvalue weighted by Gasteiger charge is 2.57. The molecule has 4 rings (SSSR count). The number of nitrogens with zero attached hydrogens (tertiary/aromatic N) is 2. The molecule has 2 unspecified atom stereocenters. The van der Waals surface area contributed by atoms with Crippen LogP contribution in [0.1, 0.15) is 34.6 Å². The first-order valence-electron chi connectivity index (χ1n) is 8.85. The van der Waals surface area contributed by atoms with E-state index in [0.717, 1.165) is 0 Å². The van der Waals surface area contributed by atoms with Crippen LogP contribution in [0, 0.1) is 25.1 Å². The summed E-state index contributed by atoms with van der Waals surface area (Å²) in [5.41, 5.74) is 5.67. The summed E-state index contributed by atoms with van der Waals surface area (Å²) in [6.45, 7) is 6.06. The molecule has 3 heterocycles. The number of carbonyl (C=O) groups excluding carboxylic acids is 1. The molecule has 1 aromatic carbocycles. The number of aliphatic imine (C=N–C) groups is 1. The molecule has 148 valence electrons. The summed E-state index contributed by atoms with van der Waals surface area (Å²) >= 11 is 1.45. The standard InChI is InChI=1S/C19H21FN4O3S/c1-10-15(22-11(2)27-10)16(25)23-12-4-5-14(20)13(6-12)19-8-26-7-18(19,3)9-28-17(21)24-19/h4-6H,7-9H2,1-3H3,(H2,21,24)(H,23,25). The monoisotopic (exact) mass is 404 g/mol. The Labute approximate surface area is 165 Å². The van der Waals surface area contributed by atoms with Gasteiger partial charge in [-0.15, -0.1) is 0 Å². The number of fused-ring (bicyclic) bond motifs is 1. The number of thioether (sulfide) groups is 1. The summed E-state index contributed by atoms with van der Waals surface area (Å²) in [6.07, 6.45) is 0. The van der Waals surface area contributed by atoms with E-state index in [9.17, 15) is 9.18 Å². The number of amides is 1. The predicted molar refractivity (Wildman–Crippen MR) is 105 cm³/mol. The zero-order valence-corrected chi connectivity index (χ0v) is 16.7. The largest absolute Gasteiger partial charge is 0.445 e. The number of ether oxygens (including phenoxy) is 1. The average molecular weight is 404 g/mol. The minimum atomic E-state index is -0.923. The van der Waals surface area contributed by atoms with E-state index in [1.54, 1.807) is 19.9 Å². The summed E-state index contributed by atoms with van der Waals surface area (Å²) in [7, 11) is 0. The van der Waals surface area contributed by atoms with E-state index in [2.05, 4.69) is 15.3 Å². The van der Waals surface area contributed by atoms with E-state index in [4.69, 9.17) is 14.9 Å². The number of aromatic nitrogens is 1. The molecular weight excluding hydrogens is 383 g/mol. The molecular formula is C19H21FN4O3S. The first kappa shape index (κ1) is 18.9. The first-order chi connectivity index (χ1) is 13.2. The minimum absolute atomic E-state index is 0.201. The Morgan fingerprint density at radius 2 is 2.14 bits per heavy atom. The fourth-order valence-electron chi connectivity index (χ4n) is 3.81. The van der Waals surface area contributed by atoms with Crippen LogP contribution in [0.5, 0.6) is 0 Å². The van der Waals surface area contributed by atoms with Crippen molar-refractivity contribution < 1.29 is 18.3 Å². The maximum absolute atomic E-state index is 14.9.